The third-order valence-corrected chi connectivity index (χ3v) is 7.29. The van der Waals surface area contributed by atoms with Crippen molar-refractivity contribution in [3.63, 3.8) is 0 Å². The second-order valence-corrected chi connectivity index (χ2v) is 9.68. The van der Waals surface area contributed by atoms with Crippen LogP contribution in [0.15, 0.2) is 23.1 Å². The van der Waals surface area contributed by atoms with Crippen molar-refractivity contribution in [2.24, 2.45) is 11.3 Å². The molecule has 3 rings (SSSR count). The highest BCUT2D eigenvalue weighted by molar-refractivity contribution is 7.89. The summed E-state index contributed by atoms with van der Waals surface area (Å²) in [6.07, 6.45) is 2.06. The van der Waals surface area contributed by atoms with Crippen molar-refractivity contribution >= 4 is 21.9 Å². The van der Waals surface area contributed by atoms with Gasteiger partial charge in [0.1, 0.15) is 0 Å². The zero-order valence-electron chi connectivity index (χ0n) is 15.9. The molecule has 0 spiro atoms. The zero-order valence-corrected chi connectivity index (χ0v) is 16.7. The fourth-order valence-electron chi connectivity index (χ4n) is 3.56. The molecule has 2 N–H and O–H groups in total. The number of nitrogens with zero attached hydrogens (tertiary/aromatic N) is 1. The molecule has 0 radical (unpaired) electrons. The van der Waals surface area contributed by atoms with Crippen LogP contribution in [0.5, 0.6) is 0 Å². The van der Waals surface area contributed by atoms with Crippen LogP contribution in [0.1, 0.15) is 49.0 Å². The number of aryl methyl sites for hydroxylation is 1. The van der Waals surface area contributed by atoms with Gasteiger partial charge in [-0.3, -0.25) is 9.59 Å². The molecule has 1 amide bonds. The first kappa shape index (κ1) is 19.8. The molecule has 27 heavy (non-hydrogen) atoms. The topological polar surface area (TPSA) is 104 Å². The summed E-state index contributed by atoms with van der Waals surface area (Å²) in [4.78, 5) is 26.4. The largest absolute Gasteiger partial charge is 0.481 e. The molecular formula is C19H26N2O5S. The molecule has 148 valence electrons. The number of carbonyl (C=O) groups is 2. The van der Waals surface area contributed by atoms with Crippen molar-refractivity contribution < 1.29 is 23.1 Å². The van der Waals surface area contributed by atoms with Crippen molar-refractivity contribution in [1.82, 2.24) is 9.62 Å². The summed E-state index contributed by atoms with van der Waals surface area (Å²) in [6.45, 7) is 5.94. The van der Waals surface area contributed by atoms with Gasteiger partial charge in [-0.25, -0.2) is 13.1 Å². The minimum Gasteiger partial charge on any atom is -0.481 e. The number of sulfonamides is 1. The van der Waals surface area contributed by atoms with Crippen molar-refractivity contribution in [3.05, 3.63) is 29.3 Å². The zero-order chi connectivity index (χ0) is 20.0. The molecule has 1 heterocycles. The highest BCUT2D eigenvalue weighted by Crippen LogP contribution is 2.39. The maximum absolute atomic E-state index is 13.0. The molecule has 1 aliphatic heterocycles. The van der Waals surface area contributed by atoms with E-state index in [-0.39, 0.29) is 29.3 Å². The summed E-state index contributed by atoms with van der Waals surface area (Å²) >= 11 is 0. The molecule has 0 aromatic heterocycles. The lowest BCUT2D eigenvalue weighted by atomic mass is 9.76. The van der Waals surface area contributed by atoms with E-state index in [2.05, 4.69) is 4.72 Å². The van der Waals surface area contributed by atoms with E-state index in [4.69, 9.17) is 0 Å². The van der Waals surface area contributed by atoms with Gasteiger partial charge in [0.15, 0.2) is 0 Å². The Hall–Kier alpha value is -1.93. The normalized spacial score (nSPS) is 23.0. The minimum absolute atomic E-state index is 0.0174. The first-order valence-electron chi connectivity index (χ1n) is 9.22. The van der Waals surface area contributed by atoms with E-state index in [1.54, 1.807) is 13.0 Å². The number of aliphatic carboxylic acids is 1. The number of carbonyl (C=O) groups excluding carboxylic acids is 1. The Balaban J connectivity index is 1.87. The van der Waals surface area contributed by atoms with E-state index >= 15 is 0 Å². The second kappa shape index (κ2) is 6.91. The van der Waals surface area contributed by atoms with Gasteiger partial charge in [0, 0.05) is 24.7 Å². The van der Waals surface area contributed by atoms with Crippen LogP contribution in [-0.2, 0) is 14.8 Å². The summed E-state index contributed by atoms with van der Waals surface area (Å²) in [7, 11) is -3.66. The van der Waals surface area contributed by atoms with Crippen LogP contribution in [0, 0.1) is 18.3 Å². The minimum atomic E-state index is -3.66. The van der Waals surface area contributed by atoms with E-state index in [0.717, 1.165) is 12.8 Å². The number of hydrogen-bond donors (Lipinski definition) is 2. The van der Waals surface area contributed by atoms with E-state index in [1.165, 1.54) is 17.0 Å². The predicted molar refractivity (Wildman–Crippen MR) is 99.9 cm³/mol. The molecule has 1 aliphatic carbocycles. The molecule has 2 aliphatic rings. The van der Waals surface area contributed by atoms with Crippen LogP contribution in [0.2, 0.25) is 0 Å². The van der Waals surface area contributed by atoms with E-state index in [9.17, 15) is 23.1 Å². The van der Waals surface area contributed by atoms with E-state index in [0.29, 0.717) is 24.1 Å². The van der Waals surface area contributed by atoms with Crippen LogP contribution in [0.4, 0.5) is 0 Å². The number of benzene rings is 1. The van der Waals surface area contributed by atoms with Gasteiger partial charge in [-0.1, -0.05) is 19.9 Å². The molecule has 0 bridgehead atoms. The van der Waals surface area contributed by atoms with Crippen LogP contribution in [0.3, 0.4) is 0 Å². The lowest BCUT2D eigenvalue weighted by Crippen LogP contribution is -2.40. The highest BCUT2D eigenvalue weighted by atomic mass is 32.2. The van der Waals surface area contributed by atoms with Crippen LogP contribution >= 0.6 is 0 Å². The molecule has 7 nitrogen and oxygen atoms in total. The fraction of sp³-hybridized carbons (Fsp3) is 0.579. The molecule has 8 heteroatoms. The maximum Gasteiger partial charge on any atom is 0.311 e. The van der Waals surface area contributed by atoms with E-state index < -0.39 is 21.4 Å². The molecule has 1 aromatic carbocycles. The summed E-state index contributed by atoms with van der Waals surface area (Å²) in [5, 5.41) is 9.67. The molecule has 1 unspecified atom stereocenters. The van der Waals surface area contributed by atoms with Gasteiger partial charge >= 0.3 is 5.97 Å². The lowest BCUT2D eigenvalue weighted by Gasteiger charge is -2.28. The average molecular weight is 394 g/mol. The molecule has 1 saturated heterocycles. The maximum atomic E-state index is 13.0. The Morgan fingerprint density at radius 2 is 1.96 bits per heavy atom. The third kappa shape index (κ3) is 3.73. The Kier molecular flexibility index (Phi) is 5.07. The van der Waals surface area contributed by atoms with Gasteiger partial charge < -0.3 is 10.0 Å². The highest BCUT2D eigenvalue weighted by Gasteiger charge is 2.48. The summed E-state index contributed by atoms with van der Waals surface area (Å²) < 4.78 is 27.5. The van der Waals surface area contributed by atoms with Crippen molar-refractivity contribution in [3.8, 4) is 0 Å². The number of carboxylic acids is 1. The first-order valence-corrected chi connectivity index (χ1v) is 10.7. The lowest BCUT2D eigenvalue weighted by molar-refractivity contribution is -0.150. The summed E-state index contributed by atoms with van der Waals surface area (Å²) in [5.74, 6) is -1.32. The SMILES string of the molecule is Cc1ccc(S(=O)(=O)NC2CC2)cc1C(=O)N1CCC(C(=O)O)(C(C)C)C1. The summed E-state index contributed by atoms with van der Waals surface area (Å²) in [5.41, 5.74) is 0.0159. The van der Waals surface area contributed by atoms with Gasteiger partial charge in [-0.15, -0.1) is 0 Å². The average Bonchev–Trinajstić information content (AvgIpc) is 3.26. The van der Waals surface area contributed by atoms with Gasteiger partial charge in [0.2, 0.25) is 10.0 Å². The monoisotopic (exact) mass is 394 g/mol. The number of rotatable bonds is 6. The van der Waals surface area contributed by atoms with Gasteiger partial charge in [-0.2, -0.15) is 0 Å². The molecule has 1 aromatic rings. The van der Waals surface area contributed by atoms with Crippen molar-refractivity contribution in [2.45, 2.75) is 51.0 Å². The number of likely N-dealkylation sites (tertiary alicyclic amines) is 1. The van der Waals surface area contributed by atoms with Crippen molar-refractivity contribution in [2.75, 3.05) is 13.1 Å². The van der Waals surface area contributed by atoms with Crippen molar-refractivity contribution in [1.29, 1.82) is 0 Å². The smallest absolute Gasteiger partial charge is 0.311 e. The Morgan fingerprint density at radius 3 is 2.48 bits per heavy atom. The fourth-order valence-corrected chi connectivity index (χ4v) is 4.89. The second-order valence-electron chi connectivity index (χ2n) is 7.96. The van der Waals surface area contributed by atoms with Gasteiger partial charge in [-0.05, 0) is 49.8 Å². The van der Waals surface area contributed by atoms with Crippen LogP contribution in [0.25, 0.3) is 0 Å². The predicted octanol–water partition coefficient (Wildman–Crippen LogP) is 2.01. The van der Waals surface area contributed by atoms with Crippen LogP contribution < -0.4 is 4.72 Å². The van der Waals surface area contributed by atoms with E-state index in [1.807, 2.05) is 13.8 Å². The first-order chi connectivity index (χ1) is 12.6. The molecule has 1 atom stereocenters. The Labute approximate surface area is 159 Å². The number of hydrogen-bond acceptors (Lipinski definition) is 4. The number of carboxylic acid groups (broad SMARTS) is 1. The quantitative estimate of drug-likeness (QED) is 0.768. The Morgan fingerprint density at radius 1 is 1.30 bits per heavy atom. The Bertz CT molecular complexity index is 876. The number of amides is 1. The molecule has 2 fully saturated rings. The number of nitrogens with one attached hydrogen (secondary N) is 1. The van der Waals surface area contributed by atoms with Gasteiger partial charge in [0.25, 0.3) is 5.91 Å². The van der Waals surface area contributed by atoms with Gasteiger partial charge in [0.05, 0.1) is 10.3 Å². The summed E-state index contributed by atoms with van der Waals surface area (Å²) in [6, 6.07) is 4.50. The third-order valence-electron chi connectivity index (χ3n) is 5.77. The molecule has 1 saturated carbocycles. The van der Waals surface area contributed by atoms with Crippen LogP contribution in [-0.4, -0.2) is 49.4 Å². The molecular weight excluding hydrogens is 368 g/mol. The standard InChI is InChI=1S/C19H26N2O5S/c1-12(2)19(18(23)24)8-9-21(11-19)17(22)16-10-15(7-4-13(16)3)27(25,26)20-14-5-6-14/h4,7,10,12,14,20H,5-6,8-9,11H2,1-3H3,(H,23,24).